The number of benzene rings is 3. The molecule has 0 saturated heterocycles. The maximum atomic E-state index is 15.9. The van der Waals surface area contributed by atoms with Crippen LogP contribution < -0.4 is 4.74 Å². The topological polar surface area (TPSA) is 94.4 Å². The normalized spacial score (nSPS) is 11.6. The summed E-state index contributed by atoms with van der Waals surface area (Å²) in [5.41, 5.74) is 4.16. The summed E-state index contributed by atoms with van der Waals surface area (Å²) in [5, 5.41) is 26.1. The zero-order chi connectivity index (χ0) is 26.9. The molecule has 0 N–H and O–H groups in total. The lowest BCUT2D eigenvalue weighted by atomic mass is 9.99. The van der Waals surface area contributed by atoms with Crippen molar-refractivity contribution in [1.82, 2.24) is 30.0 Å². The van der Waals surface area contributed by atoms with Gasteiger partial charge in [0, 0.05) is 10.9 Å². The van der Waals surface area contributed by atoms with E-state index >= 15 is 8.78 Å². The van der Waals surface area contributed by atoms with Crippen LogP contribution in [0.15, 0.2) is 60.7 Å². The van der Waals surface area contributed by atoms with E-state index in [0.29, 0.717) is 29.1 Å². The Hall–Kier alpha value is -4.65. The summed E-state index contributed by atoms with van der Waals surface area (Å²) < 4.78 is 39.7. The van der Waals surface area contributed by atoms with Gasteiger partial charge in [0.1, 0.15) is 5.75 Å². The molecule has 0 aliphatic heterocycles. The third kappa shape index (κ3) is 4.47. The van der Waals surface area contributed by atoms with Crippen molar-refractivity contribution in [2.45, 2.75) is 39.3 Å². The van der Waals surface area contributed by atoms with Crippen molar-refractivity contribution in [1.29, 1.82) is 5.26 Å². The highest BCUT2D eigenvalue weighted by Crippen LogP contribution is 2.36. The number of nitrogens with zero attached hydrogens (tertiary/aromatic N) is 7. The number of ether oxygens (including phenoxy) is 1. The third-order valence-corrected chi connectivity index (χ3v) is 6.69. The summed E-state index contributed by atoms with van der Waals surface area (Å²) in [6.45, 7) is 4.22. The van der Waals surface area contributed by atoms with Gasteiger partial charge in [0.05, 0.1) is 43.0 Å². The fraction of sp³-hybridized carbons (Fsp3) is 0.250. The van der Waals surface area contributed by atoms with Crippen molar-refractivity contribution in [3.05, 3.63) is 100.0 Å². The number of tetrazole rings is 1. The van der Waals surface area contributed by atoms with Crippen LogP contribution >= 0.6 is 0 Å². The zero-order valence-corrected chi connectivity index (χ0v) is 21.2. The highest BCUT2D eigenvalue weighted by atomic mass is 19.3. The first-order valence-electron chi connectivity index (χ1n) is 12.1. The molecule has 2 aromatic heterocycles. The molecule has 0 spiro atoms. The first kappa shape index (κ1) is 25.0. The Labute approximate surface area is 218 Å². The van der Waals surface area contributed by atoms with E-state index in [-0.39, 0.29) is 12.1 Å². The van der Waals surface area contributed by atoms with Crippen molar-refractivity contribution in [3.63, 3.8) is 0 Å². The van der Waals surface area contributed by atoms with Gasteiger partial charge in [0.2, 0.25) is 5.82 Å². The maximum Gasteiger partial charge on any atom is 0.333 e. The Morgan fingerprint density at radius 2 is 1.82 bits per heavy atom. The van der Waals surface area contributed by atoms with Crippen molar-refractivity contribution in [2.75, 3.05) is 7.11 Å². The van der Waals surface area contributed by atoms with Crippen LogP contribution in [-0.4, -0.2) is 37.1 Å². The smallest absolute Gasteiger partial charge is 0.333 e. The highest BCUT2D eigenvalue weighted by molar-refractivity contribution is 5.83. The summed E-state index contributed by atoms with van der Waals surface area (Å²) in [6, 6.07) is 19.3. The van der Waals surface area contributed by atoms with Gasteiger partial charge in [-0.15, -0.1) is 5.10 Å². The molecular formula is C28H25F2N7O. The lowest BCUT2D eigenvalue weighted by Gasteiger charge is -2.17. The van der Waals surface area contributed by atoms with E-state index in [1.165, 1.54) is 12.1 Å². The van der Waals surface area contributed by atoms with Gasteiger partial charge in [0.25, 0.3) is 0 Å². The predicted molar refractivity (Wildman–Crippen MR) is 137 cm³/mol. The third-order valence-electron chi connectivity index (χ3n) is 6.69. The number of halogens is 2. The molecule has 0 unspecified atom stereocenters. The van der Waals surface area contributed by atoms with Crippen LogP contribution in [-0.2, 0) is 25.4 Å². The zero-order valence-electron chi connectivity index (χ0n) is 21.2. The molecule has 0 bridgehead atoms. The molecule has 5 aromatic rings. The van der Waals surface area contributed by atoms with Crippen LogP contribution in [0.1, 0.15) is 46.3 Å². The van der Waals surface area contributed by atoms with Crippen molar-refractivity contribution in [2.24, 2.45) is 0 Å². The van der Waals surface area contributed by atoms with E-state index in [4.69, 9.17) is 4.74 Å². The number of fused-ring (bicyclic) bond motifs is 1. The van der Waals surface area contributed by atoms with E-state index < -0.39 is 11.7 Å². The van der Waals surface area contributed by atoms with E-state index in [2.05, 4.69) is 26.7 Å². The quantitative estimate of drug-likeness (QED) is 0.290. The van der Waals surface area contributed by atoms with Gasteiger partial charge in [-0.25, -0.2) is 4.68 Å². The summed E-state index contributed by atoms with van der Waals surface area (Å²) in [7, 11) is 1.56. The van der Waals surface area contributed by atoms with Gasteiger partial charge >= 0.3 is 5.92 Å². The first-order valence-corrected chi connectivity index (χ1v) is 12.1. The van der Waals surface area contributed by atoms with Gasteiger partial charge in [-0.1, -0.05) is 43.3 Å². The lowest BCUT2D eigenvalue weighted by Crippen LogP contribution is -2.23. The molecule has 0 saturated carbocycles. The SMILES string of the molecule is CCc1cccc(C#N)c1Cn1nc(C)c2ccc(C(F)(F)c3nnnn3Cc3ccc(OC)cc3)cc21. The Morgan fingerprint density at radius 1 is 1.03 bits per heavy atom. The second kappa shape index (κ2) is 10.0. The molecule has 3 aromatic carbocycles. The van der Waals surface area contributed by atoms with Crippen LogP contribution in [0.5, 0.6) is 5.75 Å². The number of aromatic nitrogens is 6. The molecule has 38 heavy (non-hydrogen) atoms. The Bertz CT molecular complexity index is 1650. The van der Waals surface area contributed by atoms with Crippen LogP contribution in [0.2, 0.25) is 0 Å². The second-order valence-corrected chi connectivity index (χ2v) is 8.97. The van der Waals surface area contributed by atoms with Crippen molar-refractivity contribution < 1.29 is 13.5 Å². The number of rotatable bonds is 8. The average Bonchev–Trinajstić information content (AvgIpc) is 3.53. The van der Waals surface area contributed by atoms with Crippen LogP contribution in [0.4, 0.5) is 8.78 Å². The molecule has 192 valence electrons. The Kier molecular flexibility index (Phi) is 6.59. The van der Waals surface area contributed by atoms with E-state index in [1.807, 2.05) is 26.0 Å². The molecule has 2 heterocycles. The van der Waals surface area contributed by atoms with Gasteiger partial charge in [-0.3, -0.25) is 4.68 Å². The van der Waals surface area contributed by atoms with Crippen molar-refractivity contribution in [3.8, 4) is 11.8 Å². The van der Waals surface area contributed by atoms with E-state index in [1.54, 1.807) is 48.2 Å². The minimum atomic E-state index is -3.47. The number of nitriles is 1. The molecule has 8 nitrogen and oxygen atoms in total. The summed E-state index contributed by atoms with van der Waals surface area (Å²) >= 11 is 0. The van der Waals surface area contributed by atoms with Gasteiger partial charge in [-0.05, 0) is 64.7 Å². The van der Waals surface area contributed by atoms with E-state index in [0.717, 1.165) is 33.2 Å². The predicted octanol–water partition coefficient (Wildman–Crippen LogP) is 5.01. The molecule has 0 aliphatic carbocycles. The number of alkyl halides is 2. The van der Waals surface area contributed by atoms with Crippen LogP contribution in [0.3, 0.4) is 0 Å². The Balaban J connectivity index is 1.53. The first-order chi connectivity index (χ1) is 18.3. The molecule has 5 rings (SSSR count). The lowest BCUT2D eigenvalue weighted by molar-refractivity contribution is 0.0281. The van der Waals surface area contributed by atoms with Gasteiger partial charge < -0.3 is 4.74 Å². The van der Waals surface area contributed by atoms with Crippen molar-refractivity contribution >= 4 is 10.9 Å². The summed E-state index contributed by atoms with van der Waals surface area (Å²) in [6.07, 6.45) is 0.739. The standard InChI is InChI=1S/C28H25F2N7O/c1-4-20-6-5-7-21(15-31)25(20)17-36-26-14-22(10-13-24(26)18(2)33-36)28(29,30)27-32-34-35-37(27)16-19-8-11-23(38-3)12-9-19/h5-14H,4,16-17H2,1-3H3. The number of hydrogen-bond acceptors (Lipinski definition) is 6. The highest BCUT2D eigenvalue weighted by Gasteiger charge is 2.40. The largest absolute Gasteiger partial charge is 0.497 e. The van der Waals surface area contributed by atoms with E-state index in [9.17, 15) is 5.26 Å². The molecule has 0 aliphatic rings. The average molecular weight is 514 g/mol. The fourth-order valence-corrected chi connectivity index (χ4v) is 4.63. The number of hydrogen-bond donors (Lipinski definition) is 0. The minimum absolute atomic E-state index is 0.0753. The number of aryl methyl sites for hydroxylation is 2. The fourth-order valence-electron chi connectivity index (χ4n) is 4.63. The second-order valence-electron chi connectivity index (χ2n) is 8.97. The van der Waals surface area contributed by atoms with Gasteiger partial charge in [0.15, 0.2) is 0 Å². The molecular weight excluding hydrogens is 488 g/mol. The molecule has 0 amide bonds. The molecule has 0 radical (unpaired) electrons. The monoisotopic (exact) mass is 513 g/mol. The van der Waals surface area contributed by atoms with Crippen LogP contribution in [0.25, 0.3) is 10.9 Å². The summed E-state index contributed by atoms with van der Waals surface area (Å²) in [4.78, 5) is 0. The maximum absolute atomic E-state index is 15.9. The molecule has 0 atom stereocenters. The summed E-state index contributed by atoms with van der Waals surface area (Å²) in [5.74, 6) is -3.36. The van der Waals surface area contributed by atoms with Crippen LogP contribution in [0, 0.1) is 18.3 Å². The number of methoxy groups -OCH3 is 1. The molecule has 0 fully saturated rings. The Morgan fingerprint density at radius 3 is 2.53 bits per heavy atom. The minimum Gasteiger partial charge on any atom is -0.497 e. The van der Waals surface area contributed by atoms with Gasteiger partial charge in [-0.2, -0.15) is 19.1 Å². The molecule has 10 heteroatoms.